The molecule has 0 saturated carbocycles. The summed E-state index contributed by atoms with van der Waals surface area (Å²) in [5.74, 6) is 0.539. The van der Waals surface area contributed by atoms with Crippen LogP contribution in [0.1, 0.15) is 10.6 Å². The average Bonchev–Trinajstić information content (AvgIpc) is 3.09. The molecular weight excluding hydrogens is 376 g/mol. The number of hydrogen-bond acceptors (Lipinski definition) is 7. The van der Waals surface area contributed by atoms with Gasteiger partial charge in [-0.15, -0.1) is 22.7 Å². The molecule has 0 radical (unpaired) electrons. The van der Waals surface area contributed by atoms with Gasteiger partial charge in [-0.25, -0.2) is 4.98 Å². The maximum absolute atomic E-state index is 5.98. The molecule has 0 bridgehead atoms. The van der Waals surface area contributed by atoms with Gasteiger partial charge in [-0.05, 0) is 45.8 Å². The molecule has 0 spiro atoms. The molecular formula is C12H11BrN4S3. The summed E-state index contributed by atoms with van der Waals surface area (Å²) in [5, 5.41) is 9.38. The Balaban J connectivity index is 1.86. The maximum Gasteiger partial charge on any atom is 0.149 e. The van der Waals surface area contributed by atoms with Crippen molar-refractivity contribution < 1.29 is 0 Å². The summed E-state index contributed by atoms with van der Waals surface area (Å²) in [4.78, 5) is 5.74. The number of nitrogens with zero attached hydrogens (tertiary/aromatic N) is 2. The van der Waals surface area contributed by atoms with Gasteiger partial charge < -0.3 is 11.1 Å². The second kappa shape index (κ2) is 5.80. The van der Waals surface area contributed by atoms with Gasteiger partial charge in [0.05, 0.1) is 12.1 Å². The largest absolute Gasteiger partial charge is 0.382 e. The summed E-state index contributed by atoms with van der Waals surface area (Å²) in [5.41, 5.74) is 7.90. The lowest BCUT2D eigenvalue weighted by Crippen LogP contribution is -1.98. The van der Waals surface area contributed by atoms with Crippen molar-refractivity contribution in [3.63, 3.8) is 0 Å². The first-order chi connectivity index (χ1) is 9.65. The number of aromatic nitrogens is 2. The van der Waals surface area contributed by atoms with Gasteiger partial charge in [-0.2, -0.15) is 4.37 Å². The lowest BCUT2D eigenvalue weighted by Gasteiger charge is -2.04. The quantitative estimate of drug-likeness (QED) is 0.687. The number of thiazole rings is 1. The number of thiophene rings is 1. The van der Waals surface area contributed by atoms with E-state index in [9.17, 15) is 0 Å². The highest BCUT2D eigenvalue weighted by Gasteiger charge is 2.16. The number of hydrogen-bond donors (Lipinski definition) is 2. The molecule has 4 nitrogen and oxygen atoms in total. The van der Waals surface area contributed by atoms with Crippen LogP contribution in [0, 0.1) is 6.92 Å². The van der Waals surface area contributed by atoms with Gasteiger partial charge in [-0.3, -0.25) is 0 Å². The van der Waals surface area contributed by atoms with Gasteiger partial charge in [0.15, 0.2) is 0 Å². The Bertz CT molecular complexity index is 731. The van der Waals surface area contributed by atoms with Crippen molar-refractivity contribution in [1.82, 2.24) is 9.36 Å². The normalized spacial score (nSPS) is 10.9. The summed E-state index contributed by atoms with van der Waals surface area (Å²) in [6, 6.07) is 2.05. The average molecular weight is 387 g/mol. The molecule has 0 atom stereocenters. The van der Waals surface area contributed by atoms with Crippen LogP contribution in [-0.2, 0) is 6.54 Å². The van der Waals surface area contributed by atoms with E-state index in [0.717, 1.165) is 32.3 Å². The molecule has 0 saturated heterocycles. The highest BCUT2D eigenvalue weighted by atomic mass is 79.9. The topological polar surface area (TPSA) is 63.8 Å². The molecule has 3 aromatic heterocycles. The zero-order chi connectivity index (χ0) is 14.1. The summed E-state index contributed by atoms with van der Waals surface area (Å²) in [7, 11) is 0. The molecule has 0 aliphatic rings. The molecule has 0 aliphatic carbocycles. The SMILES string of the molecule is Cc1csc(-c2c(N)nsc2NCc2sccc2Br)n1. The van der Waals surface area contributed by atoms with E-state index in [1.165, 1.54) is 16.4 Å². The fraction of sp³-hybridized carbons (Fsp3) is 0.167. The molecule has 3 rings (SSSR count). The molecule has 0 unspecified atom stereocenters. The second-order valence-electron chi connectivity index (χ2n) is 4.11. The van der Waals surface area contributed by atoms with E-state index < -0.39 is 0 Å². The number of anilines is 2. The number of halogens is 1. The predicted octanol–water partition coefficient (Wildman–Crippen LogP) is 4.59. The van der Waals surface area contributed by atoms with E-state index >= 15 is 0 Å². The molecule has 104 valence electrons. The molecule has 0 aliphatic heterocycles. The zero-order valence-electron chi connectivity index (χ0n) is 10.5. The van der Waals surface area contributed by atoms with Crippen molar-refractivity contribution in [2.24, 2.45) is 0 Å². The first kappa shape index (κ1) is 14.0. The number of aryl methyl sites for hydroxylation is 1. The van der Waals surface area contributed by atoms with Crippen molar-refractivity contribution in [2.45, 2.75) is 13.5 Å². The summed E-state index contributed by atoms with van der Waals surface area (Å²) in [6.45, 7) is 2.73. The predicted molar refractivity (Wildman–Crippen MR) is 91.7 cm³/mol. The lowest BCUT2D eigenvalue weighted by molar-refractivity contribution is 1.19. The monoisotopic (exact) mass is 386 g/mol. The third kappa shape index (κ3) is 2.73. The third-order valence-electron chi connectivity index (χ3n) is 2.65. The van der Waals surface area contributed by atoms with Crippen molar-refractivity contribution in [3.05, 3.63) is 31.9 Å². The molecule has 8 heteroatoms. The van der Waals surface area contributed by atoms with Crippen LogP contribution in [0.25, 0.3) is 10.6 Å². The van der Waals surface area contributed by atoms with Crippen LogP contribution >= 0.6 is 50.1 Å². The second-order valence-corrected chi connectivity index (χ2v) is 7.60. The first-order valence-corrected chi connectivity index (χ1v) is 9.11. The van der Waals surface area contributed by atoms with Gasteiger partial charge in [0.1, 0.15) is 15.8 Å². The number of rotatable bonds is 4. The molecule has 3 heterocycles. The summed E-state index contributed by atoms with van der Waals surface area (Å²) in [6.07, 6.45) is 0. The molecule has 3 aromatic rings. The highest BCUT2D eigenvalue weighted by Crippen LogP contribution is 2.38. The Hall–Kier alpha value is -0.960. The van der Waals surface area contributed by atoms with Crippen molar-refractivity contribution in [3.8, 4) is 10.6 Å². The smallest absolute Gasteiger partial charge is 0.149 e. The Morgan fingerprint density at radius 3 is 2.90 bits per heavy atom. The number of nitrogen functional groups attached to an aromatic ring is 1. The van der Waals surface area contributed by atoms with Crippen molar-refractivity contribution >= 4 is 61.0 Å². The Morgan fingerprint density at radius 2 is 2.25 bits per heavy atom. The van der Waals surface area contributed by atoms with E-state index in [1.54, 1.807) is 22.7 Å². The maximum atomic E-state index is 5.98. The van der Waals surface area contributed by atoms with E-state index in [1.807, 2.05) is 18.4 Å². The summed E-state index contributed by atoms with van der Waals surface area (Å²) >= 11 is 8.22. The number of nitrogens with two attached hydrogens (primary N) is 1. The molecule has 3 N–H and O–H groups in total. The zero-order valence-corrected chi connectivity index (χ0v) is 14.5. The van der Waals surface area contributed by atoms with Gasteiger partial charge >= 0.3 is 0 Å². The number of nitrogens with one attached hydrogen (secondary N) is 1. The third-order valence-corrected chi connectivity index (χ3v) is 6.37. The van der Waals surface area contributed by atoms with Gasteiger partial charge in [0.25, 0.3) is 0 Å². The van der Waals surface area contributed by atoms with Crippen LogP contribution in [0.3, 0.4) is 0 Å². The van der Waals surface area contributed by atoms with Crippen LogP contribution in [0.4, 0.5) is 10.8 Å². The Morgan fingerprint density at radius 1 is 1.40 bits per heavy atom. The van der Waals surface area contributed by atoms with E-state index in [0.29, 0.717) is 5.82 Å². The fourth-order valence-corrected chi connectivity index (χ4v) is 4.77. The van der Waals surface area contributed by atoms with Crippen molar-refractivity contribution in [1.29, 1.82) is 0 Å². The Labute approximate surface area is 137 Å². The summed E-state index contributed by atoms with van der Waals surface area (Å²) < 4.78 is 5.36. The van der Waals surface area contributed by atoms with Gasteiger partial charge in [0, 0.05) is 20.4 Å². The van der Waals surface area contributed by atoms with Gasteiger partial charge in [0.2, 0.25) is 0 Å². The van der Waals surface area contributed by atoms with Crippen molar-refractivity contribution in [2.75, 3.05) is 11.1 Å². The van der Waals surface area contributed by atoms with E-state index in [2.05, 4.69) is 36.0 Å². The van der Waals surface area contributed by atoms with Crippen LogP contribution < -0.4 is 11.1 Å². The van der Waals surface area contributed by atoms with Crippen LogP contribution in [0.5, 0.6) is 0 Å². The highest BCUT2D eigenvalue weighted by molar-refractivity contribution is 9.10. The lowest BCUT2D eigenvalue weighted by atomic mass is 10.3. The van der Waals surface area contributed by atoms with Crippen LogP contribution in [0.15, 0.2) is 21.3 Å². The Kier molecular flexibility index (Phi) is 4.06. The van der Waals surface area contributed by atoms with E-state index in [-0.39, 0.29) is 0 Å². The minimum Gasteiger partial charge on any atom is -0.382 e. The minimum absolute atomic E-state index is 0.539. The molecule has 20 heavy (non-hydrogen) atoms. The molecule has 0 amide bonds. The first-order valence-electron chi connectivity index (χ1n) is 5.78. The van der Waals surface area contributed by atoms with Gasteiger partial charge in [-0.1, -0.05) is 0 Å². The van der Waals surface area contributed by atoms with Crippen LogP contribution in [0.2, 0.25) is 0 Å². The fourth-order valence-electron chi connectivity index (χ4n) is 1.71. The molecule has 0 aromatic carbocycles. The molecule has 0 fully saturated rings. The van der Waals surface area contributed by atoms with Crippen LogP contribution in [-0.4, -0.2) is 9.36 Å². The van der Waals surface area contributed by atoms with E-state index in [4.69, 9.17) is 5.73 Å². The minimum atomic E-state index is 0.539. The standard InChI is InChI=1S/C12H11BrN4S3/c1-6-5-19-12(16-6)9-10(14)17-20-11(9)15-4-8-7(13)2-3-18-8/h2-3,5,15H,4H2,1H3,(H2,14,17).